The van der Waals surface area contributed by atoms with Gasteiger partial charge in [0.15, 0.2) is 16.7 Å². The number of rotatable bonds is 7. The molecule has 0 bridgehead atoms. The summed E-state index contributed by atoms with van der Waals surface area (Å²) in [6.45, 7) is 5.44. The van der Waals surface area contributed by atoms with E-state index in [0.29, 0.717) is 18.3 Å². The van der Waals surface area contributed by atoms with Gasteiger partial charge < -0.3 is 25.3 Å². The lowest BCUT2D eigenvalue weighted by Gasteiger charge is -2.15. The van der Waals surface area contributed by atoms with Crippen LogP contribution in [0.15, 0.2) is 71.7 Å². The molecule has 0 saturated carbocycles. The first-order valence-electron chi connectivity index (χ1n) is 13.2. The molecule has 1 fully saturated rings. The van der Waals surface area contributed by atoms with Gasteiger partial charge in [-0.05, 0) is 73.9 Å². The van der Waals surface area contributed by atoms with Gasteiger partial charge in [0.05, 0.1) is 18.0 Å². The van der Waals surface area contributed by atoms with E-state index in [1.54, 1.807) is 37.2 Å². The van der Waals surface area contributed by atoms with Crippen LogP contribution >= 0.6 is 12.2 Å². The van der Waals surface area contributed by atoms with Crippen LogP contribution in [0.2, 0.25) is 0 Å². The number of para-hydroxylation sites is 1. The normalized spacial score (nSPS) is 14.9. The van der Waals surface area contributed by atoms with E-state index in [9.17, 15) is 13.6 Å². The van der Waals surface area contributed by atoms with E-state index in [0.717, 1.165) is 54.1 Å². The van der Waals surface area contributed by atoms with E-state index in [-0.39, 0.29) is 10.7 Å². The van der Waals surface area contributed by atoms with Gasteiger partial charge in [-0.3, -0.25) is 4.79 Å². The highest BCUT2D eigenvalue weighted by atomic mass is 32.1. The van der Waals surface area contributed by atoms with E-state index >= 15 is 0 Å². The predicted octanol–water partition coefficient (Wildman–Crippen LogP) is 4.60. The first-order valence-corrected chi connectivity index (χ1v) is 13.6. The topological polar surface area (TPSA) is 90.3 Å². The number of hydrogen-bond acceptors (Lipinski definition) is 5. The molecule has 1 aliphatic heterocycles. The van der Waals surface area contributed by atoms with Crippen molar-refractivity contribution in [3.8, 4) is 16.9 Å². The molecule has 216 valence electrons. The number of likely N-dealkylation sites (tertiary alicyclic amines) is 1. The highest BCUT2D eigenvalue weighted by Gasteiger charge is 2.24. The Kier molecular flexibility index (Phi) is 9.98. The summed E-state index contributed by atoms with van der Waals surface area (Å²) in [5.74, 6) is -0.514. The average molecular weight is 581 g/mol. The number of benzene rings is 2. The summed E-state index contributed by atoms with van der Waals surface area (Å²) in [5, 5.41) is 7.86. The fourth-order valence-electron chi connectivity index (χ4n) is 4.82. The van der Waals surface area contributed by atoms with Gasteiger partial charge in [0, 0.05) is 50.6 Å². The zero-order valence-electron chi connectivity index (χ0n) is 23.3. The van der Waals surface area contributed by atoms with Crippen LogP contribution in [0.25, 0.3) is 16.9 Å². The number of thiocarbonyl (C=S) groups is 1. The SMILES string of the molecule is COCCN1CCC(c2ccc(F)c(F)c2)C1.Cc1c(-c2ccc(=O)n(C)c2)nn(-c2ccccc2)c1NC(N)=S. The van der Waals surface area contributed by atoms with Crippen LogP contribution in [0.4, 0.5) is 14.6 Å². The lowest BCUT2D eigenvalue weighted by Crippen LogP contribution is -2.24. The van der Waals surface area contributed by atoms with Crippen molar-refractivity contribution in [1.82, 2.24) is 19.2 Å². The average Bonchev–Trinajstić information content (AvgIpc) is 3.56. The van der Waals surface area contributed by atoms with E-state index < -0.39 is 11.6 Å². The van der Waals surface area contributed by atoms with Crippen molar-refractivity contribution >= 4 is 23.1 Å². The molecule has 8 nitrogen and oxygen atoms in total. The summed E-state index contributed by atoms with van der Waals surface area (Å²) in [6.07, 6.45) is 2.76. The molecule has 0 aliphatic carbocycles. The van der Waals surface area contributed by atoms with Gasteiger partial charge in [0.2, 0.25) is 5.56 Å². The molecule has 11 heteroatoms. The Morgan fingerprint density at radius 2 is 1.90 bits per heavy atom. The van der Waals surface area contributed by atoms with Crippen LogP contribution < -0.4 is 16.6 Å². The number of hydrogen-bond donors (Lipinski definition) is 2. The molecule has 3 N–H and O–H groups in total. The minimum atomic E-state index is -0.775. The standard InChI is InChI=1S/C17H17N5OS.C13H17F2NO/c1-11-15(12-8-9-14(23)21(2)10-12)20-22(16(11)19-17(18)24)13-6-4-3-5-7-13;1-17-7-6-16-5-4-11(9-16)10-2-3-12(14)13(15)8-10/h3-10H,1-2H3,(H3,18,19,24);2-3,8,11H,4-7,9H2,1H3. The van der Waals surface area contributed by atoms with Crippen molar-refractivity contribution in [3.63, 3.8) is 0 Å². The highest BCUT2D eigenvalue weighted by Crippen LogP contribution is 2.30. The van der Waals surface area contributed by atoms with Gasteiger partial charge in [0.25, 0.3) is 0 Å². The zero-order chi connectivity index (χ0) is 29.5. The summed E-state index contributed by atoms with van der Waals surface area (Å²) in [4.78, 5) is 13.9. The van der Waals surface area contributed by atoms with Crippen LogP contribution in [-0.2, 0) is 11.8 Å². The summed E-state index contributed by atoms with van der Waals surface area (Å²) in [5.41, 5.74) is 9.87. The third kappa shape index (κ3) is 7.43. The lowest BCUT2D eigenvalue weighted by molar-refractivity contribution is 0.160. The molecule has 1 aliphatic rings. The maximum absolute atomic E-state index is 13.1. The predicted molar refractivity (Wildman–Crippen MR) is 161 cm³/mol. The van der Waals surface area contributed by atoms with Crippen LogP contribution in [-0.4, -0.2) is 57.7 Å². The fraction of sp³-hybridized carbons (Fsp3) is 0.300. The van der Waals surface area contributed by atoms with Crippen LogP contribution in [0.5, 0.6) is 0 Å². The van der Waals surface area contributed by atoms with Crippen LogP contribution in [0.3, 0.4) is 0 Å². The number of methoxy groups -OCH3 is 1. The molecular formula is C30H34F2N6O2S. The number of nitrogens with two attached hydrogens (primary N) is 1. The number of halogens is 2. The maximum atomic E-state index is 13.1. The monoisotopic (exact) mass is 580 g/mol. The Labute approximate surface area is 243 Å². The highest BCUT2D eigenvalue weighted by molar-refractivity contribution is 7.80. The summed E-state index contributed by atoms with van der Waals surface area (Å²) >= 11 is 4.99. The Morgan fingerprint density at radius 1 is 1.15 bits per heavy atom. The van der Waals surface area contributed by atoms with Crippen molar-refractivity contribution < 1.29 is 13.5 Å². The molecule has 4 aromatic rings. The zero-order valence-corrected chi connectivity index (χ0v) is 24.1. The largest absolute Gasteiger partial charge is 0.383 e. The number of pyridine rings is 1. The van der Waals surface area contributed by atoms with Gasteiger partial charge in [-0.15, -0.1) is 0 Å². The Hall–Kier alpha value is -3.93. The molecular weight excluding hydrogens is 546 g/mol. The fourth-order valence-corrected chi connectivity index (χ4v) is 4.91. The number of aryl methyl sites for hydroxylation is 1. The Bertz CT molecular complexity index is 1560. The summed E-state index contributed by atoms with van der Waals surface area (Å²) in [7, 11) is 3.40. The van der Waals surface area contributed by atoms with Crippen LogP contribution in [0, 0.1) is 18.6 Å². The smallest absolute Gasteiger partial charge is 0.250 e. The third-order valence-corrected chi connectivity index (χ3v) is 7.12. The van der Waals surface area contributed by atoms with Gasteiger partial charge in [-0.2, -0.15) is 5.10 Å². The molecule has 0 amide bonds. The van der Waals surface area contributed by atoms with Gasteiger partial charge in [-0.1, -0.05) is 24.3 Å². The van der Waals surface area contributed by atoms with E-state index in [1.165, 1.54) is 22.8 Å². The molecule has 2 aromatic carbocycles. The summed E-state index contributed by atoms with van der Waals surface area (Å²) in [6, 6.07) is 17.2. The van der Waals surface area contributed by atoms with Crippen molar-refractivity contribution in [2.75, 3.05) is 38.7 Å². The third-order valence-electron chi connectivity index (χ3n) is 7.02. The maximum Gasteiger partial charge on any atom is 0.250 e. The Morgan fingerprint density at radius 3 is 2.56 bits per heavy atom. The van der Waals surface area contributed by atoms with Crippen molar-refractivity contribution in [3.05, 3.63) is 100.0 Å². The molecule has 5 rings (SSSR count). The van der Waals surface area contributed by atoms with Gasteiger partial charge >= 0.3 is 0 Å². The van der Waals surface area contributed by atoms with Crippen molar-refractivity contribution in [2.24, 2.45) is 12.8 Å². The van der Waals surface area contributed by atoms with E-state index in [2.05, 4.69) is 10.2 Å². The lowest BCUT2D eigenvalue weighted by atomic mass is 9.98. The van der Waals surface area contributed by atoms with Gasteiger partial charge in [0.1, 0.15) is 5.82 Å². The first-order chi connectivity index (χ1) is 19.7. The molecule has 1 atom stereocenters. The molecule has 1 unspecified atom stereocenters. The minimum absolute atomic E-state index is 0.0691. The Balaban J connectivity index is 0.000000201. The van der Waals surface area contributed by atoms with Gasteiger partial charge in [-0.25, -0.2) is 13.5 Å². The number of aromatic nitrogens is 3. The molecule has 2 aromatic heterocycles. The van der Waals surface area contributed by atoms with Crippen molar-refractivity contribution in [2.45, 2.75) is 19.3 Å². The second-order valence-electron chi connectivity index (χ2n) is 9.88. The van der Waals surface area contributed by atoms with E-state index in [4.69, 9.17) is 27.8 Å². The number of anilines is 1. The summed E-state index contributed by atoms with van der Waals surface area (Å²) < 4.78 is 34.3. The molecule has 1 saturated heterocycles. The minimum Gasteiger partial charge on any atom is -0.383 e. The van der Waals surface area contributed by atoms with Crippen molar-refractivity contribution in [1.29, 1.82) is 0 Å². The number of nitrogens with one attached hydrogen (secondary N) is 1. The molecule has 0 spiro atoms. The first kappa shape index (κ1) is 30.0. The second-order valence-corrected chi connectivity index (χ2v) is 10.3. The van der Waals surface area contributed by atoms with Crippen LogP contribution in [0.1, 0.15) is 23.5 Å². The van der Waals surface area contributed by atoms with E-state index in [1.807, 2.05) is 37.3 Å². The molecule has 3 heterocycles. The quantitative estimate of drug-likeness (QED) is 0.309. The number of nitrogens with zero attached hydrogens (tertiary/aromatic N) is 4. The molecule has 0 radical (unpaired) electrons. The molecule has 41 heavy (non-hydrogen) atoms. The number of ether oxygens (including phenoxy) is 1. The second kappa shape index (κ2) is 13.6.